The average Bonchev–Trinajstić information content (AvgIpc) is 2.65. The molecule has 3 rings (SSSR count). The fourth-order valence-electron chi connectivity index (χ4n) is 4.94. The highest BCUT2D eigenvalue weighted by Gasteiger charge is 2.30. The molecular formula is C23H33FO. The molecule has 0 radical (unpaired) electrons. The number of halogens is 1. The minimum absolute atomic E-state index is 0.0422. The van der Waals surface area contributed by atoms with Crippen LogP contribution in [0.1, 0.15) is 68.4 Å². The first-order chi connectivity index (χ1) is 12.2. The Balaban J connectivity index is 1.46. The smallest absolute Gasteiger partial charge is 0.126 e. The van der Waals surface area contributed by atoms with E-state index in [0.717, 1.165) is 29.9 Å². The van der Waals surface area contributed by atoms with E-state index in [-0.39, 0.29) is 5.82 Å². The van der Waals surface area contributed by atoms with Crippen LogP contribution >= 0.6 is 0 Å². The van der Waals surface area contributed by atoms with Crippen LogP contribution in [0.25, 0.3) is 0 Å². The molecule has 2 aliphatic carbocycles. The lowest BCUT2D eigenvalue weighted by atomic mass is 9.68. The lowest BCUT2D eigenvalue weighted by molar-refractivity contribution is 0.171. The highest BCUT2D eigenvalue weighted by Crippen LogP contribution is 2.44. The number of hydrogen-bond donors (Lipinski definition) is 0. The van der Waals surface area contributed by atoms with Gasteiger partial charge in [0.05, 0.1) is 6.61 Å². The van der Waals surface area contributed by atoms with Crippen molar-refractivity contribution in [2.24, 2.45) is 17.8 Å². The van der Waals surface area contributed by atoms with E-state index in [2.05, 4.69) is 18.2 Å². The summed E-state index contributed by atoms with van der Waals surface area (Å²) in [6, 6.07) is 5.86. The summed E-state index contributed by atoms with van der Waals surface area (Å²) in [4.78, 5) is 0. The maximum Gasteiger partial charge on any atom is 0.126 e. The Morgan fingerprint density at radius 2 is 1.64 bits per heavy atom. The fraction of sp³-hybridized carbons (Fsp3) is 0.652. The van der Waals surface area contributed by atoms with Crippen molar-refractivity contribution < 1.29 is 9.13 Å². The Morgan fingerprint density at radius 1 is 1.00 bits per heavy atom. The molecule has 1 aromatic rings. The lowest BCUT2D eigenvalue weighted by Gasteiger charge is -2.37. The molecule has 0 N–H and O–H groups in total. The molecule has 2 fully saturated rings. The Hall–Kier alpha value is -1.15. The number of benzene rings is 1. The minimum atomic E-state index is -0.0422. The molecule has 2 aliphatic rings. The molecule has 0 atom stereocenters. The van der Waals surface area contributed by atoms with Gasteiger partial charge in [0.1, 0.15) is 5.82 Å². The summed E-state index contributed by atoms with van der Waals surface area (Å²) < 4.78 is 18.9. The van der Waals surface area contributed by atoms with Gasteiger partial charge in [0, 0.05) is 7.11 Å². The van der Waals surface area contributed by atoms with Gasteiger partial charge in [-0.2, -0.15) is 0 Å². The van der Waals surface area contributed by atoms with Crippen molar-refractivity contribution in [3.8, 4) is 0 Å². The highest BCUT2D eigenvalue weighted by molar-refractivity contribution is 5.26. The summed E-state index contributed by atoms with van der Waals surface area (Å²) in [5, 5.41) is 0. The van der Waals surface area contributed by atoms with Crippen molar-refractivity contribution >= 4 is 0 Å². The normalized spacial score (nSPS) is 30.7. The van der Waals surface area contributed by atoms with Crippen LogP contribution in [0.5, 0.6) is 0 Å². The van der Waals surface area contributed by atoms with Crippen molar-refractivity contribution in [1.82, 2.24) is 0 Å². The molecule has 0 aromatic heterocycles. The second-order valence-electron chi connectivity index (χ2n) is 8.18. The van der Waals surface area contributed by atoms with Gasteiger partial charge >= 0.3 is 0 Å². The standard InChI is InChI=1S/C23H33FO/c1-17-5-8-22(16-23(17)24)21-13-11-20(12-14-21)19-9-6-18(7-10-19)4-3-15-25-2/h3-5,8,16,18-21H,6-7,9-15H2,1-2H3/b4-3+/t18-,19-,20?,21?. The summed E-state index contributed by atoms with van der Waals surface area (Å²) in [6.45, 7) is 2.58. The number of ether oxygens (including phenoxy) is 1. The van der Waals surface area contributed by atoms with E-state index in [1.54, 1.807) is 13.2 Å². The van der Waals surface area contributed by atoms with Gasteiger partial charge in [0.25, 0.3) is 0 Å². The van der Waals surface area contributed by atoms with Crippen LogP contribution in [0.3, 0.4) is 0 Å². The number of methoxy groups -OCH3 is 1. The molecule has 0 bridgehead atoms. The molecule has 1 nitrogen and oxygen atoms in total. The van der Waals surface area contributed by atoms with Gasteiger partial charge in [-0.1, -0.05) is 24.3 Å². The predicted molar refractivity (Wildman–Crippen MR) is 102 cm³/mol. The van der Waals surface area contributed by atoms with Crippen LogP contribution in [-0.2, 0) is 4.74 Å². The summed E-state index contributed by atoms with van der Waals surface area (Å²) in [5.41, 5.74) is 1.97. The van der Waals surface area contributed by atoms with Gasteiger partial charge in [0.15, 0.2) is 0 Å². The Kier molecular flexibility index (Phi) is 6.70. The van der Waals surface area contributed by atoms with E-state index < -0.39 is 0 Å². The molecule has 0 saturated heterocycles. The summed E-state index contributed by atoms with van der Waals surface area (Å²) in [5.74, 6) is 3.11. The molecule has 0 unspecified atom stereocenters. The third kappa shape index (κ3) is 4.94. The molecule has 0 spiro atoms. The Bertz CT molecular complexity index is 563. The first-order valence-electron chi connectivity index (χ1n) is 10.1. The van der Waals surface area contributed by atoms with Gasteiger partial charge in [-0.05, 0) is 99.2 Å². The van der Waals surface area contributed by atoms with Crippen LogP contribution < -0.4 is 0 Å². The molecule has 0 aliphatic heterocycles. The van der Waals surface area contributed by atoms with E-state index in [9.17, 15) is 4.39 Å². The Morgan fingerprint density at radius 3 is 2.24 bits per heavy atom. The molecule has 25 heavy (non-hydrogen) atoms. The third-order valence-electron chi connectivity index (χ3n) is 6.59. The molecule has 0 heterocycles. The van der Waals surface area contributed by atoms with E-state index in [1.165, 1.54) is 56.9 Å². The molecule has 2 saturated carbocycles. The first kappa shape index (κ1) is 18.6. The molecular weight excluding hydrogens is 311 g/mol. The minimum Gasteiger partial charge on any atom is -0.381 e. The van der Waals surface area contributed by atoms with Crippen LogP contribution in [0.2, 0.25) is 0 Å². The van der Waals surface area contributed by atoms with E-state index >= 15 is 0 Å². The molecule has 2 heteroatoms. The quantitative estimate of drug-likeness (QED) is 0.560. The van der Waals surface area contributed by atoms with Crippen LogP contribution in [0.4, 0.5) is 4.39 Å². The monoisotopic (exact) mass is 344 g/mol. The van der Waals surface area contributed by atoms with Crippen molar-refractivity contribution in [3.05, 3.63) is 47.3 Å². The van der Waals surface area contributed by atoms with E-state index in [4.69, 9.17) is 4.74 Å². The van der Waals surface area contributed by atoms with Crippen molar-refractivity contribution in [3.63, 3.8) is 0 Å². The number of allylic oxidation sites excluding steroid dienone is 1. The zero-order chi connectivity index (χ0) is 17.6. The molecule has 0 amide bonds. The Labute approximate surface area is 152 Å². The van der Waals surface area contributed by atoms with E-state index in [0.29, 0.717) is 5.92 Å². The highest BCUT2D eigenvalue weighted by atomic mass is 19.1. The number of rotatable bonds is 5. The van der Waals surface area contributed by atoms with Crippen LogP contribution in [0.15, 0.2) is 30.4 Å². The fourth-order valence-corrected chi connectivity index (χ4v) is 4.94. The van der Waals surface area contributed by atoms with Gasteiger partial charge in [-0.15, -0.1) is 0 Å². The van der Waals surface area contributed by atoms with Gasteiger partial charge < -0.3 is 4.74 Å². The van der Waals surface area contributed by atoms with Gasteiger partial charge in [0.2, 0.25) is 0 Å². The predicted octanol–water partition coefficient (Wildman–Crippen LogP) is 6.42. The third-order valence-corrected chi connectivity index (χ3v) is 6.59. The maximum atomic E-state index is 13.8. The maximum absolute atomic E-state index is 13.8. The zero-order valence-corrected chi connectivity index (χ0v) is 15.8. The van der Waals surface area contributed by atoms with Crippen LogP contribution in [0, 0.1) is 30.5 Å². The lowest BCUT2D eigenvalue weighted by Crippen LogP contribution is -2.25. The summed E-state index contributed by atoms with van der Waals surface area (Å²) in [7, 11) is 1.75. The van der Waals surface area contributed by atoms with Crippen LogP contribution in [-0.4, -0.2) is 13.7 Å². The average molecular weight is 345 g/mol. The second kappa shape index (κ2) is 8.98. The van der Waals surface area contributed by atoms with Crippen molar-refractivity contribution in [1.29, 1.82) is 0 Å². The zero-order valence-electron chi connectivity index (χ0n) is 15.8. The van der Waals surface area contributed by atoms with E-state index in [1.807, 2.05) is 13.0 Å². The summed E-state index contributed by atoms with van der Waals surface area (Å²) in [6.07, 6.45) is 15.1. The van der Waals surface area contributed by atoms with Gasteiger partial charge in [-0.25, -0.2) is 4.39 Å². The topological polar surface area (TPSA) is 9.23 Å². The SMILES string of the molecule is COC/C=C/[C@H]1CC[C@H](C2CCC(c3ccc(C)c(F)c3)CC2)CC1. The molecule has 138 valence electrons. The largest absolute Gasteiger partial charge is 0.381 e. The van der Waals surface area contributed by atoms with Crippen molar-refractivity contribution in [2.75, 3.05) is 13.7 Å². The molecule has 1 aromatic carbocycles. The van der Waals surface area contributed by atoms with Gasteiger partial charge in [-0.3, -0.25) is 0 Å². The summed E-state index contributed by atoms with van der Waals surface area (Å²) >= 11 is 0. The van der Waals surface area contributed by atoms with Crippen molar-refractivity contribution in [2.45, 2.75) is 64.2 Å². The number of hydrogen-bond acceptors (Lipinski definition) is 1. The second-order valence-corrected chi connectivity index (χ2v) is 8.18. The number of aryl methyl sites for hydroxylation is 1. The first-order valence-corrected chi connectivity index (χ1v) is 10.1.